The molecule has 0 spiro atoms. The number of carbonyl (C=O) groups is 1. The van der Waals surface area contributed by atoms with Crippen LogP contribution in [0.1, 0.15) is 6.92 Å². The summed E-state index contributed by atoms with van der Waals surface area (Å²) >= 11 is 1.30. The number of carboxylic acids is 1. The molecule has 15 heavy (non-hydrogen) atoms. The average Bonchev–Trinajstić information content (AvgIpc) is 2.53. The van der Waals surface area contributed by atoms with E-state index < -0.39 is 5.97 Å². The van der Waals surface area contributed by atoms with E-state index in [1.807, 2.05) is 6.92 Å². The number of aromatic amines is 1. The summed E-state index contributed by atoms with van der Waals surface area (Å²) < 4.78 is 1.49. The molecular weight excluding hydrogens is 218 g/mol. The van der Waals surface area contributed by atoms with Crippen molar-refractivity contribution in [1.82, 2.24) is 14.8 Å². The number of hydrogen-bond acceptors (Lipinski definition) is 4. The molecule has 1 rings (SSSR count). The minimum atomic E-state index is -0.981. The molecule has 1 aromatic heterocycles. The lowest BCUT2D eigenvalue weighted by Gasteiger charge is -1.98. The van der Waals surface area contributed by atoms with Gasteiger partial charge < -0.3 is 5.11 Å². The summed E-state index contributed by atoms with van der Waals surface area (Å²) in [6.45, 7) is 2.38. The third-order valence-corrected chi connectivity index (χ3v) is 2.54. The van der Waals surface area contributed by atoms with Crippen LogP contribution in [0.15, 0.2) is 22.1 Å². The standard InChI is InChI=1S/C8H11N3O3S/c1-2-11-7(14)9-10-8(11)15-5-3-4-6(12)13/h3-4H,2,5H2,1H3,(H,9,14)(H,12,13)/b4-3+. The minimum Gasteiger partial charge on any atom is -0.478 e. The Bertz CT molecular complexity index is 421. The maximum Gasteiger partial charge on any atom is 0.343 e. The van der Waals surface area contributed by atoms with Gasteiger partial charge in [-0.1, -0.05) is 17.8 Å². The highest BCUT2D eigenvalue weighted by molar-refractivity contribution is 7.99. The molecule has 0 atom stereocenters. The minimum absolute atomic E-state index is 0.248. The molecule has 82 valence electrons. The Morgan fingerprint density at radius 2 is 2.47 bits per heavy atom. The molecule has 2 N–H and O–H groups in total. The third kappa shape index (κ3) is 3.28. The highest BCUT2D eigenvalue weighted by Crippen LogP contribution is 2.12. The molecule has 1 heterocycles. The number of nitrogens with zero attached hydrogens (tertiary/aromatic N) is 2. The first-order valence-corrected chi connectivity index (χ1v) is 5.31. The van der Waals surface area contributed by atoms with Crippen LogP contribution in [0.5, 0.6) is 0 Å². The fourth-order valence-electron chi connectivity index (χ4n) is 0.964. The second-order valence-corrected chi connectivity index (χ2v) is 3.59. The van der Waals surface area contributed by atoms with Gasteiger partial charge in [0.05, 0.1) is 0 Å². The van der Waals surface area contributed by atoms with Crippen LogP contribution in [0.3, 0.4) is 0 Å². The van der Waals surface area contributed by atoms with Crippen LogP contribution in [-0.2, 0) is 11.3 Å². The number of carboxylic acid groups (broad SMARTS) is 1. The topological polar surface area (TPSA) is 88.0 Å². The highest BCUT2D eigenvalue weighted by atomic mass is 32.2. The van der Waals surface area contributed by atoms with Gasteiger partial charge in [0, 0.05) is 18.4 Å². The average molecular weight is 229 g/mol. The number of aliphatic carboxylic acids is 1. The van der Waals surface area contributed by atoms with Gasteiger partial charge in [0.15, 0.2) is 5.16 Å². The summed E-state index contributed by atoms with van der Waals surface area (Å²) in [6, 6.07) is 0. The molecule has 0 fully saturated rings. The summed E-state index contributed by atoms with van der Waals surface area (Å²) in [5.74, 6) is -0.512. The molecule has 0 aliphatic rings. The summed E-state index contributed by atoms with van der Waals surface area (Å²) in [7, 11) is 0. The predicted octanol–water partition coefficient (Wildman–Crippen LogP) is 0.324. The second-order valence-electron chi connectivity index (χ2n) is 2.61. The maximum absolute atomic E-state index is 11.1. The molecule has 1 aromatic rings. The maximum atomic E-state index is 11.1. The molecule has 0 amide bonds. The van der Waals surface area contributed by atoms with Gasteiger partial charge in [-0.3, -0.25) is 4.57 Å². The van der Waals surface area contributed by atoms with Gasteiger partial charge in [-0.05, 0) is 6.92 Å². The number of H-pyrrole nitrogens is 1. The Morgan fingerprint density at radius 3 is 3.07 bits per heavy atom. The van der Waals surface area contributed by atoms with Crippen LogP contribution < -0.4 is 5.69 Å². The molecule has 0 aliphatic heterocycles. The zero-order valence-electron chi connectivity index (χ0n) is 8.14. The number of thioether (sulfide) groups is 1. The Hall–Kier alpha value is -1.50. The molecule has 0 saturated heterocycles. The van der Waals surface area contributed by atoms with Crippen molar-refractivity contribution in [2.45, 2.75) is 18.6 Å². The first-order chi connectivity index (χ1) is 7.15. The van der Waals surface area contributed by atoms with E-state index in [2.05, 4.69) is 10.2 Å². The monoisotopic (exact) mass is 229 g/mol. The van der Waals surface area contributed by atoms with Crippen molar-refractivity contribution < 1.29 is 9.90 Å². The Morgan fingerprint density at radius 1 is 1.73 bits per heavy atom. The van der Waals surface area contributed by atoms with Crippen molar-refractivity contribution in [3.63, 3.8) is 0 Å². The van der Waals surface area contributed by atoms with Crippen molar-refractivity contribution in [3.05, 3.63) is 22.6 Å². The second kappa shape index (κ2) is 5.40. The van der Waals surface area contributed by atoms with Gasteiger partial charge in [0.1, 0.15) is 0 Å². The zero-order valence-corrected chi connectivity index (χ0v) is 8.95. The van der Waals surface area contributed by atoms with Crippen LogP contribution >= 0.6 is 11.8 Å². The lowest BCUT2D eigenvalue weighted by atomic mass is 10.5. The van der Waals surface area contributed by atoms with Gasteiger partial charge in [0.25, 0.3) is 0 Å². The predicted molar refractivity (Wildman–Crippen MR) is 56.0 cm³/mol. The SMILES string of the molecule is CCn1c(SC/C=C/C(=O)O)n[nH]c1=O. The van der Waals surface area contributed by atoms with Crippen molar-refractivity contribution in [2.24, 2.45) is 0 Å². The summed E-state index contributed by atoms with van der Waals surface area (Å²) in [5, 5.41) is 15.1. The summed E-state index contributed by atoms with van der Waals surface area (Å²) in [6.07, 6.45) is 2.57. The molecule has 0 bridgehead atoms. The zero-order chi connectivity index (χ0) is 11.3. The van der Waals surface area contributed by atoms with Crippen molar-refractivity contribution in [2.75, 3.05) is 5.75 Å². The largest absolute Gasteiger partial charge is 0.478 e. The fourth-order valence-corrected chi connectivity index (χ4v) is 1.78. The third-order valence-electron chi connectivity index (χ3n) is 1.61. The smallest absolute Gasteiger partial charge is 0.343 e. The van der Waals surface area contributed by atoms with Gasteiger partial charge in [-0.2, -0.15) is 0 Å². The molecule has 0 aliphatic carbocycles. The molecular formula is C8H11N3O3S. The van der Waals surface area contributed by atoms with Crippen LogP contribution in [-0.4, -0.2) is 31.6 Å². The van der Waals surface area contributed by atoms with Crippen LogP contribution in [0, 0.1) is 0 Å². The first kappa shape index (κ1) is 11.6. The lowest BCUT2D eigenvalue weighted by Crippen LogP contribution is -2.16. The normalized spacial score (nSPS) is 11.0. The summed E-state index contributed by atoms with van der Waals surface area (Å²) in [4.78, 5) is 21.3. The van der Waals surface area contributed by atoms with E-state index in [4.69, 9.17) is 5.11 Å². The van der Waals surface area contributed by atoms with Crippen molar-refractivity contribution >= 4 is 17.7 Å². The lowest BCUT2D eigenvalue weighted by molar-refractivity contribution is -0.131. The number of nitrogens with one attached hydrogen (secondary N) is 1. The van der Waals surface area contributed by atoms with Crippen molar-refractivity contribution in [3.8, 4) is 0 Å². The van der Waals surface area contributed by atoms with E-state index in [0.717, 1.165) is 6.08 Å². The number of rotatable bonds is 5. The van der Waals surface area contributed by atoms with Gasteiger partial charge in [-0.25, -0.2) is 14.7 Å². The van der Waals surface area contributed by atoms with Gasteiger partial charge in [-0.15, -0.1) is 5.10 Å². The fraction of sp³-hybridized carbons (Fsp3) is 0.375. The first-order valence-electron chi connectivity index (χ1n) is 4.32. The Labute approximate surface area is 90.0 Å². The number of hydrogen-bond donors (Lipinski definition) is 2. The van der Waals surface area contributed by atoms with Crippen LogP contribution in [0.25, 0.3) is 0 Å². The van der Waals surface area contributed by atoms with Crippen molar-refractivity contribution in [1.29, 1.82) is 0 Å². The highest BCUT2D eigenvalue weighted by Gasteiger charge is 2.05. The van der Waals surface area contributed by atoms with E-state index in [0.29, 0.717) is 17.5 Å². The molecule has 0 aromatic carbocycles. The van der Waals surface area contributed by atoms with E-state index in [1.54, 1.807) is 0 Å². The molecule has 7 heteroatoms. The quantitative estimate of drug-likeness (QED) is 0.561. The van der Waals surface area contributed by atoms with E-state index in [-0.39, 0.29) is 5.69 Å². The van der Waals surface area contributed by atoms with E-state index >= 15 is 0 Å². The van der Waals surface area contributed by atoms with Gasteiger partial charge >= 0.3 is 11.7 Å². The summed E-state index contributed by atoms with van der Waals surface area (Å²) in [5.41, 5.74) is -0.248. The van der Waals surface area contributed by atoms with E-state index in [9.17, 15) is 9.59 Å². The Balaban J connectivity index is 2.58. The molecule has 0 radical (unpaired) electrons. The van der Waals surface area contributed by atoms with Crippen LogP contribution in [0.4, 0.5) is 0 Å². The molecule has 6 nitrogen and oxygen atoms in total. The Kier molecular flexibility index (Phi) is 4.17. The molecule has 0 unspecified atom stereocenters. The number of aromatic nitrogens is 3. The van der Waals surface area contributed by atoms with E-state index in [1.165, 1.54) is 22.4 Å². The molecule has 0 saturated carbocycles. The van der Waals surface area contributed by atoms with Crippen LogP contribution in [0.2, 0.25) is 0 Å². The van der Waals surface area contributed by atoms with Gasteiger partial charge in [0.2, 0.25) is 0 Å².